The zero-order chi connectivity index (χ0) is 14.5. The van der Waals surface area contributed by atoms with E-state index in [2.05, 4.69) is 10.6 Å². The van der Waals surface area contributed by atoms with Gasteiger partial charge in [0.1, 0.15) is 0 Å². The lowest BCUT2D eigenvalue weighted by Crippen LogP contribution is -2.46. The lowest BCUT2D eigenvalue weighted by molar-refractivity contribution is 0.0735. The summed E-state index contributed by atoms with van der Waals surface area (Å²) in [6.45, 7) is 6.96. The molecule has 0 saturated carbocycles. The molecule has 0 aliphatic carbocycles. The Morgan fingerprint density at radius 1 is 1.10 bits per heavy atom. The van der Waals surface area contributed by atoms with Crippen molar-refractivity contribution in [3.05, 3.63) is 35.4 Å². The average molecular weight is 312 g/mol. The molecule has 1 saturated heterocycles. The van der Waals surface area contributed by atoms with E-state index in [1.807, 2.05) is 18.7 Å². The number of carbonyl (C=O) groups is 2. The van der Waals surface area contributed by atoms with Gasteiger partial charge < -0.3 is 15.5 Å². The Labute approximate surface area is 131 Å². The Hall–Kier alpha value is -1.59. The molecule has 2 amide bonds. The second-order valence-electron chi connectivity index (χ2n) is 5.25. The minimum absolute atomic E-state index is 0. The molecular formula is C15H22ClN3O2. The van der Waals surface area contributed by atoms with Crippen molar-refractivity contribution in [1.29, 1.82) is 0 Å². The van der Waals surface area contributed by atoms with E-state index >= 15 is 0 Å². The van der Waals surface area contributed by atoms with Crippen LogP contribution in [-0.2, 0) is 0 Å². The van der Waals surface area contributed by atoms with E-state index < -0.39 is 0 Å². The molecule has 1 aromatic rings. The van der Waals surface area contributed by atoms with Gasteiger partial charge in [-0.25, -0.2) is 0 Å². The maximum absolute atomic E-state index is 12.3. The van der Waals surface area contributed by atoms with Crippen molar-refractivity contribution in [3.8, 4) is 0 Å². The van der Waals surface area contributed by atoms with E-state index in [4.69, 9.17) is 0 Å². The second kappa shape index (κ2) is 8.00. The van der Waals surface area contributed by atoms with Gasteiger partial charge in [0.15, 0.2) is 0 Å². The van der Waals surface area contributed by atoms with Gasteiger partial charge >= 0.3 is 0 Å². The number of piperazine rings is 1. The van der Waals surface area contributed by atoms with Crippen LogP contribution < -0.4 is 10.6 Å². The fourth-order valence-electron chi connectivity index (χ4n) is 2.16. The number of nitrogens with one attached hydrogen (secondary N) is 2. The summed E-state index contributed by atoms with van der Waals surface area (Å²) >= 11 is 0. The number of benzene rings is 1. The summed E-state index contributed by atoms with van der Waals surface area (Å²) in [5, 5.41) is 6.04. The minimum atomic E-state index is -0.110. The van der Waals surface area contributed by atoms with Gasteiger partial charge in [0, 0.05) is 43.3 Å². The van der Waals surface area contributed by atoms with Crippen LogP contribution in [-0.4, -0.2) is 48.9 Å². The van der Waals surface area contributed by atoms with Crippen LogP contribution in [0.4, 0.5) is 0 Å². The number of hydrogen-bond donors (Lipinski definition) is 2. The van der Waals surface area contributed by atoms with Crippen molar-refractivity contribution >= 4 is 24.2 Å². The first kappa shape index (κ1) is 17.5. The highest BCUT2D eigenvalue weighted by molar-refractivity contribution is 5.97. The summed E-state index contributed by atoms with van der Waals surface area (Å²) in [5.41, 5.74) is 1.21. The Morgan fingerprint density at radius 3 is 2.14 bits per heavy atom. The first-order chi connectivity index (χ1) is 9.58. The molecule has 2 rings (SSSR count). The zero-order valence-electron chi connectivity index (χ0n) is 12.4. The van der Waals surface area contributed by atoms with Gasteiger partial charge in [0.25, 0.3) is 11.8 Å². The van der Waals surface area contributed by atoms with Crippen LogP contribution in [0.1, 0.15) is 34.6 Å². The highest BCUT2D eigenvalue weighted by Gasteiger charge is 2.18. The number of nitrogens with zero attached hydrogens (tertiary/aromatic N) is 1. The molecule has 0 bridgehead atoms. The third-order valence-corrected chi connectivity index (χ3v) is 3.22. The van der Waals surface area contributed by atoms with Gasteiger partial charge in [-0.05, 0) is 38.1 Å². The number of amides is 2. The van der Waals surface area contributed by atoms with E-state index in [9.17, 15) is 9.59 Å². The van der Waals surface area contributed by atoms with Crippen LogP contribution >= 0.6 is 12.4 Å². The number of carbonyl (C=O) groups excluding carboxylic acids is 2. The highest BCUT2D eigenvalue weighted by Crippen LogP contribution is 2.09. The second-order valence-corrected chi connectivity index (χ2v) is 5.25. The van der Waals surface area contributed by atoms with E-state index in [1.54, 1.807) is 24.3 Å². The maximum atomic E-state index is 12.3. The fraction of sp³-hybridized carbons (Fsp3) is 0.467. The van der Waals surface area contributed by atoms with Gasteiger partial charge in [-0.2, -0.15) is 0 Å². The predicted molar refractivity (Wildman–Crippen MR) is 85.1 cm³/mol. The smallest absolute Gasteiger partial charge is 0.253 e. The van der Waals surface area contributed by atoms with Crippen LogP contribution in [0.5, 0.6) is 0 Å². The summed E-state index contributed by atoms with van der Waals surface area (Å²) in [6, 6.07) is 6.95. The van der Waals surface area contributed by atoms with Crippen molar-refractivity contribution in [1.82, 2.24) is 15.5 Å². The number of rotatable bonds is 3. The zero-order valence-corrected chi connectivity index (χ0v) is 13.2. The van der Waals surface area contributed by atoms with Crippen molar-refractivity contribution in [2.75, 3.05) is 26.2 Å². The summed E-state index contributed by atoms with van der Waals surface area (Å²) in [7, 11) is 0. The molecule has 0 atom stereocenters. The van der Waals surface area contributed by atoms with Crippen LogP contribution in [0.2, 0.25) is 0 Å². The Morgan fingerprint density at radius 2 is 1.62 bits per heavy atom. The number of hydrogen-bond acceptors (Lipinski definition) is 3. The molecule has 2 N–H and O–H groups in total. The summed E-state index contributed by atoms with van der Waals surface area (Å²) < 4.78 is 0. The van der Waals surface area contributed by atoms with Crippen LogP contribution in [0.3, 0.4) is 0 Å². The van der Waals surface area contributed by atoms with Crippen molar-refractivity contribution < 1.29 is 9.59 Å². The predicted octanol–water partition coefficient (Wildman–Crippen LogP) is 1.29. The molecular weight excluding hydrogens is 290 g/mol. The van der Waals surface area contributed by atoms with E-state index in [-0.39, 0.29) is 30.3 Å². The van der Waals surface area contributed by atoms with Gasteiger partial charge in [0.05, 0.1) is 0 Å². The van der Waals surface area contributed by atoms with Gasteiger partial charge in [-0.1, -0.05) is 0 Å². The Kier molecular flexibility index (Phi) is 6.65. The number of halogens is 1. The van der Waals surface area contributed by atoms with Crippen molar-refractivity contribution in [2.24, 2.45) is 0 Å². The first-order valence-electron chi connectivity index (χ1n) is 6.99. The highest BCUT2D eigenvalue weighted by atomic mass is 35.5. The van der Waals surface area contributed by atoms with E-state index in [1.165, 1.54) is 0 Å². The quantitative estimate of drug-likeness (QED) is 0.884. The third kappa shape index (κ3) is 4.72. The summed E-state index contributed by atoms with van der Waals surface area (Å²) in [6.07, 6.45) is 0. The van der Waals surface area contributed by atoms with Gasteiger partial charge in [-0.3, -0.25) is 9.59 Å². The monoisotopic (exact) mass is 311 g/mol. The van der Waals surface area contributed by atoms with Crippen molar-refractivity contribution in [2.45, 2.75) is 19.9 Å². The normalized spacial score (nSPS) is 14.5. The van der Waals surface area contributed by atoms with Crippen molar-refractivity contribution in [3.63, 3.8) is 0 Å². The first-order valence-corrected chi connectivity index (χ1v) is 6.99. The minimum Gasteiger partial charge on any atom is -0.350 e. The summed E-state index contributed by atoms with van der Waals surface area (Å²) in [5.74, 6) is -0.0801. The Bertz CT molecular complexity index is 482. The largest absolute Gasteiger partial charge is 0.350 e. The van der Waals surface area contributed by atoms with Crippen LogP contribution in [0.15, 0.2) is 24.3 Å². The molecule has 0 spiro atoms. The molecule has 1 aromatic carbocycles. The summed E-state index contributed by atoms with van der Waals surface area (Å²) in [4.78, 5) is 25.9. The maximum Gasteiger partial charge on any atom is 0.253 e. The Balaban J connectivity index is 0.00000220. The van der Waals surface area contributed by atoms with Gasteiger partial charge in [-0.15, -0.1) is 12.4 Å². The molecule has 1 aliphatic rings. The average Bonchev–Trinajstić information content (AvgIpc) is 2.47. The molecule has 1 heterocycles. The molecule has 6 heteroatoms. The topological polar surface area (TPSA) is 61.4 Å². The van der Waals surface area contributed by atoms with Gasteiger partial charge in [0.2, 0.25) is 0 Å². The van der Waals surface area contributed by atoms with Crippen LogP contribution in [0, 0.1) is 0 Å². The van der Waals surface area contributed by atoms with E-state index in [0.29, 0.717) is 11.1 Å². The lowest BCUT2D eigenvalue weighted by Gasteiger charge is -2.27. The molecule has 0 aromatic heterocycles. The molecule has 21 heavy (non-hydrogen) atoms. The third-order valence-electron chi connectivity index (χ3n) is 3.22. The molecule has 5 nitrogen and oxygen atoms in total. The molecule has 1 fully saturated rings. The van der Waals surface area contributed by atoms with E-state index in [0.717, 1.165) is 26.2 Å². The molecule has 0 unspecified atom stereocenters. The molecule has 0 radical (unpaired) electrons. The van der Waals surface area contributed by atoms with Crippen LogP contribution in [0.25, 0.3) is 0 Å². The SMILES string of the molecule is CC(C)NC(=O)c1ccc(C(=O)N2CCNCC2)cc1.Cl. The standard InChI is InChI=1S/C15H21N3O2.ClH/c1-11(2)17-14(19)12-3-5-13(6-4-12)15(20)18-9-7-16-8-10-18;/h3-6,11,16H,7-10H2,1-2H3,(H,17,19);1H. The fourth-order valence-corrected chi connectivity index (χ4v) is 2.16. The molecule has 116 valence electrons. The molecule has 1 aliphatic heterocycles. The lowest BCUT2D eigenvalue weighted by atomic mass is 10.1.